The van der Waals surface area contributed by atoms with Gasteiger partial charge in [0, 0.05) is 14.0 Å². The molecule has 134 valence electrons. The number of hydrogen-bond donors (Lipinski definition) is 0. The Bertz CT molecular complexity index is 916. The number of halogens is 2. The summed E-state index contributed by atoms with van der Waals surface area (Å²) in [6.07, 6.45) is 0. The third-order valence-electron chi connectivity index (χ3n) is 3.93. The molecule has 3 amide bonds. The number of urea groups is 1. The average Bonchev–Trinajstić information content (AvgIpc) is 2.79. The molecule has 0 N–H and O–H groups in total. The molecule has 6 nitrogen and oxygen atoms in total. The third kappa shape index (κ3) is 3.25. The Morgan fingerprint density at radius 3 is 2.46 bits per heavy atom. The Morgan fingerprint density at radius 1 is 1.08 bits per heavy atom. The van der Waals surface area contributed by atoms with Crippen LogP contribution in [0.15, 0.2) is 42.5 Å². The van der Waals surface area contributed by atoms with Crippen molar-refractivity contribution in [1.29, 1.82) is 0 Å². The number of benzene rings is 2. The number of rotatable bonds is 3. The van der Waals surface area contributed by atoms with Crippen LogP contribution >= 0.6 is 23.2 Å². The van der Waals surface area contributed by atoms with E-state index in [0.29, 0.717) is 22.0 Å². The van der Waals surface area contributed by atoms with Gasteiger partial charge in [-0.3, -0.25) is 9.59 Å². The first-order valence-corrected chi connectivity index (χ1v) is 8.39. The Morgan fingerprint density at radius 2 is 1.81 bits per heavy atom. The van der Waals surface area contributed by atoms with Crippen LogP contribution in [-0.4, -0.2) is 29.9 Å². The molecule has 0 aliphatic carbocycles. The molecule has 1 unspecified atom stereocenters. The Balaban J connectivity index is 1.97. The summed E-state index contributed by atoms with van der Waals surface area (Å²) in [7, 11) is 1.53. The van der Waals surface area contributed by atoms with Gasteiger partial charge in [0.1, 0.15) is 11.8 Å². The smallest absolute Gasteiger partial charge is 0.332 e. The number of carbonyl (C=O) groups is 3. The summed E-state index contributed by atoms with van der Waals surface area (Å²) in [5, 5.41) is 0.571. The molecule has 1 saturated heterocycles. The van der Waals surface area contributed by atoms with Crippen LogP contribution < -0.4 is 9.64 Å². The van der Waals surface area contributed by atoms with E-state index >= 15 is 0 Å². The number of hydrogen-bond acceptors (Lipinski definition) is 4. The lowest BCUT2D eigenvalue weighted by Gasteiger charge is -2.16. The van der Waals surface area contributed by atoms with E-state index in [-0.39, 0.29) is 5.02 Å². The number of amides is 3. The molecular formula is C18H14Cl2N2O4. The van der Waals surface area contributed by atoms with E-state index in [2.05, 4.69) is 0 Å². The Hall–Kier alpha value is -2.57. The predicted molar refractivity (Wildman–Crippen MR) is 97.6 cm³/mol. The maximum absolute atomic E-state index is 12.9. The maximum Gasteiger partial charge on any atom is 0.332 e. The van der Waals surface area contributed by atoms with Gasteiger partial charge in [0.05, 0.1) is 15.7 Å². The van der Waals surface area contributed by atoms with Gasteiger partial charge in [-0.05, 0) is 35.9 Å². The summed E-state index contributed by atoms with van der Waals surface area (Å²) in [5.41, 5.74) is 0.868. The van der Waals surface area contributed by atoms with Gasteiger partial charge in [-0.25, -0.2) is 9.69 Å². The first kappa shape index (κ1) is 18.2. The highest BCUT2D eigenvalue weighted by molar-refractivity contribution is 6.42. The molecule has 0 bridgehead atoms. The number of carbonyl (C=O) groups excluding carboxylic acids is 3. The van der Waals surface area contributed by atoms with Crippen molar-refractivity contribution in [3.05, 3.63) is 58.1 Å². The molecule has 2 aromatic carbocycles. The SMILES string of the molecule is CC(=O)Oc1cccc(C2C(=O)N(c3ccc(Cl)c(Cl)c3)C(=O)N2C)c1. The van der Waals surface area contributed by atoms with E-state index in [1.807, 2.05) is 0 Å². The number of ether oxygens (including phenoxy) is 1. The van der Waals surface area contributed by atoms with Crippen LogP contribution in [0.1, 0.15) is 18.5 Å². The summed E-state index contributed by atoms with van der Waals surface area (Å²) in [4.78, 5) is 39.1. The molecule has 0 radical (unpaired) electrons. The topological polar surface area (TPSA) is 66.9 Å². The number of anilines is 1. The number of esters is 1. The van der Waals surface area contributed by atoms with Crippen molar-refractivity contribution in [3.8, 4) is 5.75 Å². The molecule has 2 aromatic rings. The van der Waals surface area contributed by atoms with E-state index in [0.717, 1.165) is 4.90 Å². The van der Waals surface area contributed by atoms with Crippen molar-refractivity contribution in [2.45, 2.75) is 13.0 Å². The van der Waals surface area contributed by atoms with Crippen LogP contribution in [0.4, 0.5) is 10.5 Å². The molecule has 3 rings (SSSR count). The zero-order valence-electron chi connectivity index (χ0n) is 13.9. The van der Waals surface area contributed by atoms with E-state index in [1.54, 1.807) is 30.3 Å². The van der Waals surface area contributed by atoms with Gasteiger partial charge in [-0.1, -0.05) is 35.3 Å². The minimum atomic E-state index is -0.840. The van der Waals surface area contributed by atoms with Crippen molar-refractivity contribution in [3.63, 3.8) is 0 Å². The average molecular weight is 393 g/mol. The van der Waals surface area contributed by atoms with Crippen molar-refractivity contribution >= 4 is 46.8 Å². The van der Waals surface area contributed by atoms with E-state index < -0.39 is 23.9 Å². The number of likely N-dealkylation sites (N-methyl/N-ethyl adjacent to an activating group) is 1. The van der Waals surface area contributed by atoms with Crippen molar-refractivity contribution in [2.75, 3.05) is 11.9 Å². The summed E-state index contributed by atoms with van der Waals surface area (Å²) in [6.45, 7) is 1.29. The highest BCUT2D eigenvalue weighted by Gasteiger charge is 2.45. The quantitative estimate of drug-likeness (QED) is 0.448. The van der Waals surface area contributed by atoms with Crippen LogP contribution in [0.25, 0.3) is 0 Å². The molecule has 1 aliphatic rings. The summed E-state index contributed by atoms with van der Waals surface area (Å²) < 4.78 is 5.05. The minimum Gasteiger partial charge on any atom is -0.427 e. The molecular weight excluding hydrogens is 379 g/mol. The fourth-order valence-corrected chi connectivity index (χ4v) is 3.08. The van der Waals surface area contributed by atoms with Gasteiger partial charge in [-0.2, -0.15) is 0 Å². The lowest BCUT2D eigenvalue weighted by Crippen LogP contribution is -2.31. The summed E-state index contributed by atoms with van der Waals surface area (Å²) >= 11 is 11.9. The predicted octanol–water partition coefficient (Wildman–Crippen LogP) is 4.06. The molecule has 26 heavy (non-hydrogen) atoms. The lowest BCUT2D eigenvalue weighted by atomic mass is 10.1. The molecule has 1 fully saturated rings. The fourth-order valence-electron chi connectivity index (χ4n) is 2.79. The zero-order chi connectivity index (χ0) is 19.0. The highest BCUT2D eigenvalue weighted by Crippen LogP contribution is 2.36. The molecule has 1 atom stereocenters. The van der Waals surface area contributed by atoms with E-state index in [9.17, 15) is 14.4 Å². The minimum absolute atomic E-state index is 0.243. The number of imide groups is 1. The summed E-state index contributed by atoms with van der Waals surface area (Å²) in [6, 6.07) is 9.71. The molecule has 0 saturated carbocycles. The van der Waals surface area contributed by atoms with Crippen LogP contribution in [-0.2, 0) is 9.59 Å². The molecule has 0 spiro atoms. The van der Waals surface area contributed by atoms with Crippen LogP contribution in [0, 0.1) is 0 Å². The van der Waals surface area contributed by atoms with Crippen molar-refractivity contribution in [2.24, 2.45) is 0 Å². The van der Waals surface area contributed by atoms with Crippen LogP contribution in [0.2, 0.25) is 10.0 Å². The molecule has 8 heteroatoms. The van der Waals surface area contributed by atoms with Gasteiger partial charge < -0.3 is 9.64 Å². The maximum atomic E-state index is 12.9. The van der Waals surface area contributed by atoms with E-state index in [4.69, 9.17) is 27.9 Å². The zero-order valence-corrected chi connectivity index (χ0v) is 15.4. The normalized spacial score (nSPS) is 17.0. The molecule has 1 aliphatic heterocycles. The number of nitrogens with zero attached hydrogens (tertiary/aromatic N) is 2. The third-order valence-corrected chi connectivity index (χ3v) is 4.67. The second kappa shape index (κ2) is 6.97. The lowest BCUT2D eigenvalue weighted by molar-refractivity contribution is -0.131. The Labute approximate surface area is 159 Å². The van der Waals surface area contributed by atoms with Crippen LogP contribution in [0.3, 0.4) is 0 Å². The second-order valence-electron chi connectivity index (χ2n) is 5.73. The van der Waals surface area contributed by atoms with Gasteiger partial charge in [0.25, 0.3) is 5.91 Å². The second-order valence-corrected chi connectivity index (χ2v) is 6.55. The first-order chi connectivity index (χ1) is 12.3. The van der Waals surface area contributed by atoms with Crippen molar-refractivity contribution < 1.29 is 19.1 Å². The van der Waals surface area contributed by atoms with Gasteiger partial charge >= 0.3 is 12.0 Å². The van der Waals surface area contributed by atoms with E-state index in [1.165, 1.54) is 31.0 Å². The van der Waals surface area contributed by atoms with Gasteiger partial charge in [-0.15, -0.1) is 0 Å². The standard InChI is InChI=1S/C18H14Cl2N2O4/c1-10(23)26-13-5-3-4-11(8-13)16-17(24)22(18(25)21(16)2)12-6-7-14(19)15(20)9-12/h3-9,16H,1-2H3. The molecule has 1 heterocycles. The fraction of sp³-hybridized carbons (Fsp3) is 0.167. The molecule has 0 aromatic heterocycles. The van der Waals surface area contributed by atoms with Gasteiger partial charge in [0.2, 0.25) is 0 Å². The van der Waals surface area contributed by atoms with Gasteiger partial charge in [0.15, 0.2) is 0 Å². The first-order valence-electron chi connectivity index (χ1n) is 7.64. The highest BCUT2D eigenvalue weighted by atomic mass is 35.5. The largest absolute Gasteiger partial charge is 0.427 e. The van der Waals surface area contributed by atoms with Crippen molar-refractivity contribution in [1.82, 2.24) is 4.90 Å². The monoisotopic (exact) mass is 392 g/mol. The Kier molecular flexibility index (Phi) is 4.89. The summed E-state index contributed by atoms with van der Waals surface area (Å²) in [5.74, 6) is -0.603. The van der Waals surface area contributed by atoms with Crippen LogP contribution in [0.5, 0.6) is 5.75 Å².